The second-order valence-electron chi connectivity index (χ2n) is 6.55. The first-order valence-electron chi connectivity index (χ1n) is 8.55. The number of fused-ring (bicyclic) bond motifs is 1. The number of ether oxygens (including phenoxy) is 1. The molecular weight excluding hydrogens is 405 g/mol. The van der Waals surface area contributed by atoms with Crippen molar-refractivity contribution >= 4 is 51.0 Å². The monoisotopic (exact) mass is 423 g/mol. The SMILES string of the molecule is COC(=O)c1c(NC(=S)Nc2cc([N+](=O)[O-])ccc2F)sc2c1CCC(C)C2. The maximum Gasteiger partial charge on any atom is 0.341 e. The number of carbonyl (C=O) groups is 1. The highest BCUT2D eigenvalue weighted by molar-refractivity contribution is 7.80. The average Bonchev–Trinajstić information content (AvgIpc) is 2.99. The molecule has 7 nitrogen and oxygen atoms in total. The lowest BCUT2D eigenvalue weighted by Gasteiger charge is -2.18. The van der Waals surface area contributed by atoms with E-state index in [0.29, 0.717) is 16.5 Å². The van der Waals surface area contributed by atoms with Crippen LogP contribution in [0.4, 0.5) is 20.8 Å². The molecule has 1 aliphatic carbocycles. The molecule has 0 saturated heterocycles. The molecule has 0 spiro atoms. The number of nitrogens with one attached hydrogen (secondary N) is 2. The molecule has 148 valence electrons. The molecule has 1 aromatic heterocycles. The maximum absolute atomic E-state index is 14.0. The second-order valence-corrected chi connectivity index (χ2v) is 8.06. The van der Waals surface area contributed by atoms with Gasteiger partial charge in [0.25, 0.3) is 5.69 Å². The van der Waals surface area contributed by atoms with E-state index in [1.165, 1.54) is 18.4 Å². The summed E-state index contributed by atoms with van der Waals surface area (Å²) in [7, 11) is 1.32. The summed E-state index contributed by atoms with van der Waals surface area (Å²) in [5.41, 5.74) is 1.02. The summed E-state index contributed by atoms with van der Waals surface area (Å²) in [6.45, 7) is 2.16. The molecule has 0 radical (unpaired) electrons. The number of rotatable bonds is 4. The van der Waals surface area contributed by atoms with Crippen LogP contribution in [0, 0.1) is 21.8 Å². The summed E-state index contributed by atoms with van der Waals surface area (Å²) >= 11 is 6.65. The van der Waals surface area contributed by atoms with E-state index in [2.05, 4.69) is 17.6 Å². The van der Waals surface area contributed by atoms with Gasteiger partial charge >= 0.3 is 5.97 Å². The molecule has 0 amide bonds. The van der Waals surface area contributed by atoms with Crippen LogP contribution in [0.3, 0.4) is 0 Å². The number of anilines is 2. The maximum atomic E-state index is 14.0. The quantitative estimate of drug-likeness (QED) is 0.323. The fourth-order valence-electron chi connectivity index (χ4n) is 3.14. The van der Waals surface area contributed by atoms with Gasteiger partial charge in [-0.25, -0.2) is 9.18 Å². The Bertz CT molecular complexity index is 961. The van der Waals surface area contributed by atoms with Crippen molar-refractivity contribution in [2.24, 2.45) is 5.92 Å². The molecule has 2 aromatic rings. The lowest BCUT2D eigenvalue weighted by atomic mass is 9.88. The van der Waals surface area contributed by atoms with Gasteiger partial charge in [-0.15, -0.1) is 11.3 Å². The number of nitrogens with zero attached hydrogens (tertiary/aromatic N) is 1. The third-order valence-corrected chi connectivity index (χ3v) is 5.91. The van der Waals surface area contributed by atoms with E-state index in [4.69, 9.17) is 17.0 Å². The zero-order valence-electron chi connectivity index (χ0n) is 15.2. The van der Waals surface area contributed by atoms with Crippen molar-refractivity contribution in [3.05, 3.63) is 50.1 Å². The Morgan fingerprint density at radius 2 is 2.18 bits per heavy atom. The van der Waals surface area contributed by atoms with Gasteiger partial charge in [0.1, 0.15) is 10.8 Å². The zero-order valence-corrected chi connectivity index (χ0v) is 16.8. The van der Waals surface area contributed by atoms with E-state index < -0.39 is 16.7 Å². The molecular formula is C18H18FN3O4S2. The highest BCUT2D eigenvalue weighted by atomic mass is 32.1. The minimum absolute atomic E-state index is 0.0243. The first kappa shape index (κ1) is 20.2. The molecule has 1 aromatic carbocycles. The Morgan fingerprint density at radius 1 is 1.43 bits per heavy atom. The first-order valence-corrected chi connectivity index (χ1v) is 9.77. The number of esters is 1. The third kappa shape index (κ3) is 4.12. The topological polar surface area (TPSA) is 93.5 Å². The molecule has 1 aliphatic rings. The minimum atomic E-state index is -0.678. The van der Waals surface area contributed by atoms with Crippen molar-refractivity contribution in [3.8, 4) is 0 Å². The number of thiocarbonyl (C=S) groups is 1. The van der Waals surface area contributed by atoms with Gasteiger partial charge in [0.2, 0.25) is 0 Å². The molecule has 1 heterocycles. The van der Waals surface area contributed by atoms with E-state index in [0.717, 1.165) is 47.9 Å². The van der Waals surface area contributed by atoms with Crippen LogP contribution in [0.1, 0.15) is 34.1 Å². The molecule has 10 heteroatoms. The van der Waals surface area contributed by atoms with Gasteiger partial charge in [0.05, 0.1) is 23.3 Å². The Kier molecular flexibility index (Phi) is 5.90. The van der Waals surface area contributed by atoms with Crippen LogP contribution in [-0.4, -0.2) is 23.1 Å². The number of nitro groups is 1. The van der Waals surface area contributed by atoms with Crippen molar-refractivity contribution in [1.82, 2.24) is 0 Å². The number of non-ortho nitro benzene ring substituents is 1. The summed E-state index contributed by atoms with van der Waals surface area (Å²) in [5, 5.41) is 17.0. The average molecular weight is 423 g/mol. The molecule has 0 saturated carbocycles. The zero-order chi connectivity index (χ0) is 20.4. The van der Waals surface area contributed by atoms with Crippen LogP contribution in [0.5, 0.6) is 0 Å². The van der Waals surface area contributed by atoms with Crippen LogP contribution in [-0.2, 0) is 17.6 Å². The number of benzene rings is 1. The van der Waals surface area contributed by atoms with Crippen LogP contribution in [0.2, 0.25) is 0 Å². The highest BCUT2D eigenvalue weighted by Gasteiger charge is 2.28. The van der Waals surface area contributed by atoms with Gasteiger partial charge < -0.3 is 15.4 Å². The lowest BCUT2D eigenvalue weighted by Crippen LogP contribution is -2.21. The van der Waals surface area contributed by atoms with E-state index in [1.807, 2.05) is 0 Å². The normalized spacial score (nSPS) is 15.5. The van der Waals surface area contributed by atoms with Crippen molar-refractivity contribution in [3.63, 3.8) is 0 Å². The molecule has 3 rings (SSSR count). The predicted octanol–water partition coefficient (Wildman–Crippen LogP) is 4.52. The summed E-state index contributed by atoms with van der Waals surface area (Å²) in [5.74, 6) is -0.616. The van der Waals surface area contributed by atoms with Crippen LogP contribution in [0.25, 0.3) is 0 Å². The molecule has 1 unspecified atom stereocenters. The Balaban J connectivity index is 1.86. The molecule has 28 heavy (non-hydrogen) atoms. The summed E-state index contributed by atoms with van der Waals surface area (Å²) in [6, 6.07) is 3.13. The van der Waals surface area contributed by atoms with Crippen LogP contribution < -0.4 is 10.6 Å². The fraction of sp³-hybridized carbons (Fsp3) is 0.333. The Morgan fingerprint density at radius 3 is 2.86 bits per heavy atom. The molecule has 1 atom stereocenters. The smallest absolute Gasteiger partial charge is 0.341 e. The largest absolute Gasteiger partial charge is 0.465 e. The number of nitro benzene ring substituents is 1. The number of methoxy groups -OCH3 is 1. The van der Waals surface area contributed by atoms with Crippen LogP contribution in [0.15, 0.2) is 18.2 Å². The third-order valence-electron chi connectivity index (χ3n) is 4.54. The molecule has 2 N–H and O–H groups in total. The van der Waals surface area contributed by atoms with Gasteiger partial charge in [0, 0.05) is 17.0 Å². The van der Waals surface area contributed by atoms with Gasteiger partial charge in [-0.2, -0.15) is 0 Å². The van der Waals surface area contributed by atoms with Gasteiger partial charge in [-0.3, -0.25) is 10.1 Å². The van der Waals surface area contributed by atoms with Crippen molar-refractivity contribution < 1.29 is 18.8 Å². The summed E-state index contributed by atoms with van der Waals surface area (Å²) in [6.07, 6.45) is 2.62. The number of hydrogen-bond acceptors (Lipinski definition) is 6. The molecule has 0 fully saturated rings. The number of hydrogen-bond donors (Lipinski definition) is 2. The summed E-state index contributed by atoms with van der Waals surface area (Å²) < 4.78 is 18.9. The van der Waals surface area contributed by atoms with Crippen molar-refractivity contribution in [1.29, 1.82) is 0 Å². The minimum Gasteiger partial charge on any atom is -0.465 e. The van der Waals surface area contributed by atoms with E-state index in [1.54, 1.807) is 0 Å². The first-order chi connectivity index (χ1) is 13.3. The standard InChI is InChI=1S/C18H18FN3O4S2/c1-9-3-5-11-14(7-9)28-16(15(11)17(23)26-2)21-18(27)20-13-8-10(22(24)25)4-6-12(13)19/h4,6,8-9H,3,5,7H2,1-2H3,(H2,20,21,27). The lowest BCUT2D eigenvalue weighted by molar-refractivity contribution is -0.384. The van der Waals surface area contributed by atoms with E-state index in [9.17, 15) is 19.3 Å². The molecule has 0 aliphatic heterocycles. The summed E-state index contributed by atoms with van der Waals surface area (Å²) in [4.78, 5) is 23.7. The fourth-order valence-corrected chi connectivity index (χ4v) is 4.82. The highest BCUT2D eigenvalue weighted by Crippen LogP contribution is 2.40. The van der Waals surface area contributed by atoms with Crippen molar-refractivity contribution in [2.45, 2.75) is 26.2 Å². The van der Waals surface area contributed by atoms with Crippen molar-refractivity contribution in [2.75, 3.05) is 17.7 Å². The Labute approximate surface area is 170 Å². The Hall–Kier alpha value is -2.59. The van der Waals surface area contributed by atoms with E-state index >= 15 is 0 Å². The number of thiophene rings is 1. The molecule has 0 bridgehead atoms. The number of halogens is 1. The second kappa shape index (κ2) is 8.19. The number of carbonyl (C=O) groups excluding carboxylic acids is 1. The predicted molar refractivity (Wildman–Crippen MR) is 110 cm³/mol. The van der Waals surface area contributed by atoms with Crippen LogP contribution >= 0.6 is 23.6 Å². The van der Waals surface area contributed by atoms with Gasteiger partial charge in [-0.1, -0.05) is 6.92 Å². The van der Waals surface area contributed by atoms with Gasteiger partial charge in [-0.05, 0) is 49.0 Å². The van der Waals surface area contributed by atoms with Gasteiger partial charge in [0.15, 0.2) is 5.11 Å². The van der Waals surface area contributed by atoms with E-state index in [-0.39, 0.29) is 16.5 Å².